The molecule has 4 rings (SSSR count). The average Bonchev–Trinajstić information content (AvgIpc) is 2.73. The van der Waals surface area contributed by atoms with Crippen molar-refractivity contribution in [1.82, 2.24) is 19.8 Å². The van der Waals surface area contributed by atoms with E-state index in [1.807, 2.05) is 9.80 Å². The lowest BCUT2D eigenvalue weighted by Gasteiger charge is -2.37. The Kier molecular flexibility index (Phi) is 5.58. The van der Waals surface area contributed by atoms with E-state index in [1.54, 1.807) is 24.3 Å². The van der Waals surface area contributed by atoms with Crippen LogP contribution in [0.3, 0.4) is 0 Å². The summed E-state index contributed by atoms with van der Waals surface area (Å²) in [5, 5.41) is 0.610. The molecule has 1 aromatic carbocycles. The van der Waals surface area contributed by atoms with Gasteiger partial charge in [0.2, 0.25) is 11.7 Å². The highest BCUT2D eigenvalue weighted by Crippen LogP contribution is 2.32. The van der Waals surface area contributed by atoms with E-state index in [2.05, 4.69) is 14.9 Å². The molecule has 0 radical (unpaired) electrons. The predicted octanol–water partition coefficient (Wildman–Crippen LogP) is 2.78. The molecule has 0 spiro atoms. The number of hydrogen-bond acceptors (Lipinski definition) is 5. The first-order chi connectivity index (χ1) is 13.9. The summed E-state index contributed by atoms with van der Waals surface area (Å²) in [5.41, 5.74) is 0.285. The number of rotatable bonds is 3. The van der Waals surface area contributed by atoms with Crippen LogP contribution in [0.5, 0.6) is 0 Å². The van der Waals surface area contributed by atoms with Crippen LogP contribution in [-0.4, -0.2) is 71.5 Å². The average molecular weight is 407 g/mol. The maximum atomic E-state index is 13.3. The van der Waals surface area contributed by atoms with Crippen LogP contribution in [0.25, 0.3) is 10.9 Å². The molecule has 29 heavy (non-hydrogen) atoms. The third-order valence-electron chi connectivity index (χ3n) is 5.58. The van der Waals surface area contributed by atoms with E-state index in [9.17, 15) is 18.0 Å². The Morgan fingerprint density at radius 2 is 1.62 bits per heavy atom. The molecule has 6 nitrogen and oxygen atoms in total. The summed E-state index contributed by atoms with van der Waals surface area (Å²) in [7, 11) is 0. The molecule has 156 valence electrons. The van der Waals surface area contributed by atoms with Crippen molar-refractivity contribution >= 4 is 22.6 Å². The second-order valence-corrected chi connectivity index (χ2v) is 7.59. The zero-order valence-corrected chi connectivity index (χ0v) is 16.2. The summed E-state index contributed by atoms with van der Waals surface area (Å²) in [4.78, 5) is 25.9. The van der Waals surface area contributed by atoms with Crippen molar-refractivity contribution in [3.05, 3.63) is 30.1 Å². The van der Waals surface area contributed by atoms with Crippen molar-refractivity contribution in [3.8, 4) is 0 Å². The number of aromatic nitrogens is 2. The fraction of sp³-hybridized carbons (Fsp3) is 0.550. The summed E-state index contributed by atoms with van der Waals surface area (Å²) >= 11 is 0. The van der Waals surface area contributed by atoms with Gasteiger partial charge in [0.25, 0.3) is 0 Å². The minimum atomic E-state index is -4.60. The first-order valence-corrected chi connectivity index (χ1v) is 10.0. The number of halogens is 3. The standard InChI is InChI=1S/C20H24F3N5O/c21-20(22,23)19-24-16-7-3-2-6-15(16)18(25-19)28-12-10-26(11-13-28)14-17(29)27-8-4-1-5-9-27/h2-3,6-7H,1,4-5,8-14H2. The van der Waals surface area contributed by atoms with Gasteiger partial charge in [0, 0.05) is 44.7 Å². The molecule has 0 bridgehead atoms. The highest BCUT2D eigenvalue weighted by molar-refractivity contribution is 5.89. The molecule has 9 heteroatoms. The molecule has 2 fully saturated rings. The van der Waals surface area contributed by atoms with Gasteiger partial charge in [-0.1, -0.05) is 12.1 Å². The first-order valence-electron chi connectivity index (χ1n) is 10.0. The van der Waals surface area contributed by atoms with Crippen LogP contribution in [0.4, 0.5) is 19.0 Å². The Bertz CT molecular complexity index is 874. The van der Waals surface area contributed by atoms with E-state index in [-0.39, 0.29) is 11.4 Å². The number of likely N-dealkylation sites (tertiary alicyclic amines) is 1. The topological polar surface area (TPSA) is 52.6 Å². The lowest BCUT2D eigenvalue weighted by Crippen LogP contribution is -2.51. The fourth-order valence-corrected chi connectivity index (χ4v) is 3.98. The third kappa shape index (κ3) is 4.44. The highest BCUT2D eigenvalue weighted by atomic mass is 19.4. The summed E-state index contributed by atoms with van der Waals surface area (Å²) in [5.74, 6) is -0.663. The molecule has 2 aromatic rings. The molecule has 3 heterocycles. The van der Waals surface area contributed by atoms with E-state index < -0.39 is 12.0 Å². The van der Waals surface area contributed by atoms with E-state index in [0.717, 1.165) is 25.9 Å². The van der Waals surface area contributed by atoms with Gasteiger partial charge in [-0.3, -0.25) is 9.69 Å². The highest BCUT2D eigenvalue weighted by Gasteiger charge is 2.36. The number of amides is 1. The molecule has 0 atom stereocenters. The van der Waals surface area contributed by atoms with Gasteiger partial charge in [0.15, 0.2) is 0 Å². The van der Waals surface area contributed by atoms with Crippen LogP contribution in [0.2, 0.25) is 0 Å². The van der Waals surface area contributed by atoms with Crippen molar-refractivity contribution in [1.29, 1.82) is 0 Å². The largest absolute Gasteiger partial charge is 0.451 e. The second kappa shape index (κ2) is 8.14. The van der Waals surface area contributed by atoms with Crippen molar-refractivity contribution < 1.29 is 18.0 Å². The SMILES string of the molecule is O=C(CN1CCN(c2nc(C(F)(F)F)nc3ccccc23)CC1)N1CCCCC1. The van der Waals surface area contributed by atoms with Gasteiger partial charge in [-0.25, -0.2) is 9.97 Å². The monoisotopic (exact) mass is 407 g/mol. The molecule has 1 amide bonds. The number of benzene rings is 1. The number of piperidine rings is 1. The van der Waals surface area contributed by atoms with Gasteiger partial charge in [0.1, 0.15) is 5.82 Å². The number of piperazine rings is 1. The lowest BCUT2D eigenvalue weighted by molar-refractivity contribution is -0.144. The van der Waals surface area contributed by atoms with Crippen molar-refractivity contribution in [2.45, 2.75) is 25.4 Å². The van der Waals surface area contributed by atoms with Crippen molar-refractivity contribution in [2.24, 2.45) is 0 Å². The van der Waals surface area contributed by atoms with E-state index >= 15 is 0 Å². The van der Waals surface area contributed by atoms with E-state index in [1.165, 1.54) is 6.42 Å². The Balaban J connectivity index is 1.47. The van der Waals surface area contributed by atoms with Gasteiger partial charge in [-0.05, 0) is 31.4 Å². The van der Waals surface area contributed by atoms with Crippen molar-refractivity contribution in [2.75, 3.05) is 50.7 Å². The minimum absolute atomic E-state index is 0.144. The Hall–Kier alpha value is -2.42. The summed E-state index contributed by atoms with van der Waals surface area (Å²) in [6, 6.07) is 6.76. The number of alkyl halides is 3. The molecule has 1 aromatic heterocycles. The quantitative estimate of drug-likeness (QED) is 0.783. The Labute approximate surface area is 167 Å². The Morgan fingerprint density at radius 3 is 2.31 bits per heavy atom. The molecule has 2 aliphatic rings. The number of anilines is 1. The van der Waals surface area contributed by atoms with Gasteiger partial charge in [0.05, 0.1) is 12.1 Å². The van der Waals surface area contributed by atoms with E-state index in [0.29, 0.717) is 43.9 Å². The fourth-order valence-electron chi connectivity index (χ4n) is 3.98. The molecule has 2 saturated heterocycles. The number of para-hydroxylation sites is 1. The number of nitrogens with zero attached hydrogens (tertiary/aromatic N) is 5. The predicted molar refractivity (Wildman–Crippen MR) is 104 cm³/mol. The number of carbonyl (C=O) groups is 1. The zero-order valence-electron chi connectivity index (χ0n) is 16.2. The van der Waals surface area contributed by atoms with Gasteiger partial charge in [-0.15, -0.1) is 0 Å². The minimum Gasteiger partial charge on any atom is -0.353 e. The van der Waals surface area contributed by atoms with E-state index in [4.69, 9.17) is 0 Å². The zero-order chi connectivity index (χ0) is 20.4. The molecule has 0 N–H and O–H groups in total. The number of fused-ring (bicyclic) bond motifs is 1. The first kappa shape index (κ1) is 19.9. The summed E-state index contributed by atoms with van der Waals surface area (Å²) in [6.45, 7) is 4.28. The normalized spacial score (nSPS) is 19.0. The smallest absolute Gasteiger partial charge is 0.353 e. The molecule has 0 aliphatic carbocycles. The van der Waals surface area contributed by atoms with Gasteiger partial charge in [-0.2, -0.15) is 13.2 Å². The molecule has 0 unspecified atom stereocenters. The number of hydrogen-bond donors (Lipinski definition) is 0. The molecule has 2 aliphatic heterocycles. The Morgan fingerprint density at radius 1 is 0.931 bits per heavy atom. The molecular formula is C20H24F3N5O. The van der Waals surface area contributed by atoms with Crippen LogP contribution >= 0.6 is 0 Å². The second-order valence-electron chi connectivity index (χ2n) is 7.59. The van der Waals surface area contributed by atoms with Gasteiger partial charge >= 0.3 is 6.18 Å². The third-order valence-corrected chi connectivity index (χ3v) is 5.58. The van der Waals surface area contributed by atoms with Crippen LogP contribution in [0, 0.1) is 0 Å². The lowest BCUT2D eigenvalue weighted by atomic mass is 10.1. The van der Waals surface area contributed by atoms with Crippen LogP contribution < -0.4 is 4.90 Å². The molecular weight excluding hydrogens is 383 g/mol. The number of carbonyl (C=O) groups excluding carboxylic acids is 1. The summed E-state index contributed by atoms with van der Waals surface area (Å²) < 4.78 is 39.8. The maximum Gasteiger partial charge on any atom is 0.451 e. The summed E-state index contributed by atoms with van der Waals surface area (Å²) in [6.07, 6.45) is -1.31. The maximum absolute atomic E-state index is 13.3. The van der Waals surface area contributed by atoms with Crippen LogP contribution in [-0.2, 0) is 11.0 Å². The van der Waals surface area contributed by atoms with Crippen LogP contribution in [0.1, 0.15) is 25.1 Å². The van der Waals surface area contributed by atoms with Crippen molar-refractivity contribution in [3.63, 3.8) is 0 Å². The molecule has 0 saturated carbocycles. The van der Waals surface area contributed by atoms with Gasteiger partial charge < -0.3 is 9.80 Å². The van der Waals surface area contributed by atoms with Crippen LogP contribution in [0.15, 0.2) is 24.3 Å².